The molecule has 1 saturated heterocycles. The third kappa shape index (κ3) is 3.06. The van der Waals surface area contributed by atoms with Crippen LogP contribution in [-0.2, 0) is 10.0 Å². The lowest BCUT2D eigenvalue weighted by Gasteiger charge is -2.13. The van der Waals surface area contributed by atoms with Crippen molar-refractivity contribution in [3.05, 3.63) is 46.7 Å². The van der Waals surface area contributed by atoms with Gasteiger partial charge in [-0.15, -0.1) is 11.3 Å². The lowest BCUT2D eigenvalue weighted by molar-refractivity contribution is 0.103. The Morgan fingerprint density at radius 1 is 1.14 bits per heavy atom. The summed E-state index contributed by atoms with van der Waals surface area (Å²) in [6.45, 7) is 1.12. The Bertz CT molecular complexity index is 763. The van der Waals surface area contributed by atoms with Crippen molar-refractivity contribution in [2.24, 2.45) is 0 Å². The van der Waals surface area contributed by atoms with E-state index in [1.807, 2.05) is 18.2 Å². The summed E-state index contributed by atoms with van der Waals surface area (Å²) < 4.78 is 26.3. The highest BCUT2D eigenvalue weighted by Gasteiger charge is 2.28. The highest BCUT2D eigenvalue weighted by molar-refractivity contribution is 7.89. The molecule has 2 aromatic rings. The zero-order valence-electron chi connectivity index (χ0n) is 11.9. The van der Waals surface area contributed by atoms with Gasteiger partial charge in [0.1, 0.15) is 0 Å². The Kier molecular flexibility index (Phi) is 4.28. The van der Waals surface area contributed by atoms with Gasteiger partial charge in [0.25, 0.3) is 5.91 Å². The van der Waals surface area contributed by atoms with Crippen LogP contribution in [0.3, 0.4) is 0 Å². The molecule has 1 aromatic heterocycles. The zero-order chi connectivity index (χ0) is 15.6. The number of hydrogen-bond donors (Lipinski definition) is 1. The summed E-state index contributed by atoms with van der Waals surface area (Å²) in [6, 6.07) is 10.5. The minimum atomic E-state index is -3.46. The normalized spacial score (nSPS) is 15.8. The Morgan fingerprint density at radius 2 is 1.82 bits per heavy atom. The molecule has 5 nitrogen and oxygen atoms in total. The van der Waals surface area contributed by atoms with E-state index in [-0.39, 0.29) is 10.8 Å². The third-order valence-electron chi connectivity index (χ3n) is 3.53. The maximum atomic E-state index is 12.4. The second-order valence-electron chi connectivity index (χ2n) is 5.08. The van der Waals surface area contributed by atoms with Gasteiger partial charge in [-0.05, 0) is 31.0 Å². The summed E-state index contributed by atoms with van der Waals surface area (Å²) in [6.07, 6.45) is 1.79. The number of carbonyl (C=O) groups excluding carboxylic acids is 1. The van der Waals surface area contributed by atoms with Crippen LogP contribution in [0.5, 0.6) is 0 Å². The van der Waals surface area contributed by atoms with Gasteiger partial charge in [-0.1, -0.05) is 18.2 Å². The van der Waals surface area contributed by atoms with E-state index >= 15 is 0 Å². The molecule has 0 unspecified atom stereocenters. The molecule has 22 heavy (non-hydrogen) atoms. The van der Waals surface area contributed by atoms with Gasteiger partial charge in [0, 0.05) is 24.2 Å². The number of anilines is 1. The fraction of sp³-hybridized carbons (Fsp3) is 0.267. The number of benzene rings is 1. The zero-order valence-corrected chi connectivity index (χ0v) is 13.5. The SMILES string of the molecule is O=C(Nc1ccccc1)c1cc(S(=O)(=O)N2CCCC2)cs1. The molecule has 0 spiro atoms. The first-order chi connectivity index (χ1) is 10.6. The monoisotopic (exact) mass is 336 g/mol. The van der Waals surface area contributed by atoms with Crippen LogP contribution in [0.1, 0.15) is 22.5 Å². The number of amides is 1. The van der Waals surface area contributed by atoms with Crippen molar-refractivity contribution in [2.45, 2.75) is 17.7 Å². The molecule has 1 amide bonds. The maximum Gasteiger partial charge on any atom is 0.265 e. The van der Waals surface area contributed by atoms with Crippen LogP contribution in [-0.4, -0.2) is 31.7 Å². The fourth-order valence-electron chi connectivity index (χ4n) is 2.36. The van der Waals surface area contributed by atoms with Crippen LogP contribution >= 0.6 is 11.3 Å². The molecule has 7 heteroatoms. The molecule has 0 saturated carbocycles. The van der Waals surface area contributed by atoms with E-state index in [4.69, 9.17) is 0 Å². The molecule has 1 aliphatic heterocycles. The van der Waals surface area contributed by atoms with Crippen LogP contribution in [0.25, 0.3) is 0 Å². The number of para-hydroxylation sites is 1. The number of nitrogens with one attached hydrogen (secondary N) is 1. The second-order valence-corrected chi connectivity index (χ2v) is 7.93. The molecular weight excluding hydrogens is 320 g/mol. The first-order valence-corrected chi connectivity index (χ1v) is 9.34. The third-order valence-corrected chi connectivity index (χ3v) is 6.49. The van der Waals surface area contributed by atoms with Crippen molar-refractivity contribution < 1.29 is 13.2 Å². The molecule has 3 rings (SSSR count). The predicted octanol–water partition coefficient (Wildman–Crippen LogP) is 2.78. The van der Waals surface area contributed by atoms with E-state index < -0.39 is 10.0 Å². The van der Waals surface area contributed by atoms with Crippen molar-refractivity contribution in [3.63, 3.8) is 0 Å². The van der Waals surface area contributed by atoms with Gasteiger partial charge in [0.05, 0.1) is 9.77 Å². The van der Waals surface area contributed by atoms with Crippen molar-refractivity contribution in [1.29, 1.82) is 0 Å². The summed E-state index contributed by atoms with van der Waals surface area (Å²) in [4.78, 5) is 12.8. The highest BCUT2D eigenvalue weighted by atomic mass is 32.2. The summed E-state index contributed by atoms with van der Waals surface area (Å²) in [5, 5.41) is 4.29. The van der Waals surface area contributed by atoms with Crippen molar-refractivity contribution in [1.82, 2.24) is 4.31 Å². The molecule has 2 heterocycles. The average molecular weight is 336 g/mol. The topological polar surface area (TPSA) is 66.5 Å². The van der Waals surface area contributed by atoms with Crippen LogP contribution < -0.4 is 5.32 Å². The van der Waals surface area contributed by atoms with Crippen LogP contribution in [0, 0.1) is 0 Å². The summed E-state index contributed by atoms with van der Waals surface area (Å²) in [7, 11) is -3.46. The lowest BCUT2D eigenvalue weighted by Crippen LogP contribution is -2.27. The molecule has 1 aromatic carbocycles. The van der Waals surface area contributed by atoms with Crippen molar-refractivity contribution >= 4 is 33.0 Å². The molecule has 0 atom stereocenters. The van der Waals surface area contributed by atoms with Crippen LogP contribution in [0.4, 0.5) is 5.69 Å². The van der Waals surface area contributed by atoms with Gasteiger partial charge in [-0.25, -0.2) is 8.42 Å². The molecule has 0 radical (unpaired) electrons. The largest absolute Gasteiger partial charge is 0.321 e. The van der Waals surface area contributed by atoms with Gasteiger partial charge in [0.2, 0.25) is 10.0 Å². The molecule has 1 N–H and O–H groups in total. The molecule has 1 fully saturated rings. The van der Waals surface area contributed by atoms with E-state index in [0.717, 1.165) is 24.2 Å². The van der Waals surface area contributed by atoms with E-state index in [1.54, 1.807) is 12.1 Å². The minimum Gasteiger partial charge on any atom is -0.321 e. The van der Waals surface area contributed by atoms with Gasteiger partial charge >= 0.3 is 0 Å². The number of carbonyl (C=O) groups is 1. The van der Waals surface area contributed by atoms with E-state index in [1.165, 1.54) is 15.8 Å². The van der Waals surface area contributed by atoms with E-state index in [0.29, 0.717) is 23.7 Å². The summed E-state index contributed by atoms with van der Waals surface area (Å²) in [5.41, 5.74) is 0.685. The summed E-state index contributed by atoms with van der Waals surface area (Å²) >= 11 is 1.14. The Labute approximate surface area is 133 Å². The first kappa shape index (κ1) is 15.2. The maximum absolute atomic E-state index is 12.4. The van der Waals surface area contributed by atoms with Gasteiger partial charge in [0.15, 0.2) is 0 Å². The second kappa shape index (κ2) is 6.20. The standard InChI is InChI=1S/C15H16N2O3S2/c18-15(16-12-6-2-1-3-7-12)14-10-13(11-21-14)22(19,20)17-8-4-5-9-17/h1-3,6-7,10-11H,4-5,8-9H2,(H,16,18). The number of nitrogens with zero attached hydrogens (tertiary/aromatic N) is 1. The number of thiophene rings is 1. The van der Waals surface area contributed by atoms with E-state index in [2.05, 4.69) is 5.32 Å². The lowest BCUT2D eigenvalue weighted by atomic mass is 10.3. The minimum absolute atomic E-state index is 0.206. The van der Waals surface area contributed by atoms with Crippen molar-refractivity contribution in [2.75, 3.05) is 18.4 Å². The number of rotatable bonds is 4. The average Bonchev–Trinajstić information content (AvgIpc) is 3.20. The predicted molar refractivity (Wildman–Crippen MR) is 86.7 cm³/mol. The Hall–Kier alpha value is -1.70. The summed E-state index contributed by atoms with van der Waals surface area (Å²) in [5.74, 6) is -0.293. The van der Waals surface area contributed by atoms with Gasteiger partial charge < -0.3 is 5.32 Å². The van der Waals surface area contributed by atoms with Crippen LogP contribution in [0.15, 0.2) is 46.7 Å². The first-order valence-electron chi connectivity index (χ1n) is 7.02. The molecule has 116 valence electrons. The fourth-order valence-corrected chi connectivity index (χ4v) is 5.04. The molecule has 0 aliphatic carbocycles. The Morgan fingerprint density at radius 3 is 2.50 bits per heavy atom. The van der Waals surface area contributed by atoms with E-state index in [9.17, 15) is 13.2 Å². The Balaban J connectivity index is 1.77. The van der Waals surface area contributed by atoms with Gasteiger partial charge in [-0.2, -0.15) is 4.31 Å². The van der Waals surface area contributed by atoms with Crippen LogP contribution in [0.2, 0.25) is 0 Å². The highest BCUT2D eigenvalue weighted by Crippen LogP contribution is 2.26. The number of hydrogen-bond acceptors (Lipinski definition) is 4. The quantitative estimate of drug-likeness (QED) is 0.933. The van der Waals surface area contributed by atoms with Gasteiger partial charge in [-0.3, -0.25) is 4.79 Å². The molecular formula is C15H16N2O3S2. The molecule has 0 bridgehead atoms. The molecule has 1 aliphatic rings. The van der Waals surface area contributed by atoms with Crippen molar-refractivity contribution in [3.8, 4) is 0 Å². The number of sulfonamides is 1. The smallest absolute Gasteiger partial charge is 0.265 e.